The highest BCUT2D eigenvalue weighted by atomic mass is 19.1. The number of anilines is 1. The second kappa shape index (κ2) is 9.52. The lowest BCUT2D eigenvalue weighted by Gasteiger charge is -2.36. The lowest BCUT2D eigenvalue weighted by Crippen LogP contribution is -2.49. The number of hydrogen-bond donors (Lipinski definition) is 1. The number of aliphatic hydroxyl groups is 1. The smallest absolute Gasteiger partial charge is 0.337 e. The molecule has 1 N–H and O–H groups in total. The minimum absolute atomic E-state index is 0.176. The van der Waals surface area contributed by atoms with E-state index in [0.717, 1.165) is 31.9 Å². The SMILES string of the molecule is COC(=O)c1ccc(OC[C@@H](O)CN2CCN(c3ccc(F)cc3)CC2)cc1. The van der Waals surface area contributed by atoms with Gasteiger partial charge in [-0.3, -0.25) is 4.90 Å². The lowest BCUT2D eigenvalue weighted by molar-refractivity contribution is 0.0599. The first-order chi connectivity index (χ1) is 13.5. The summed E-state index contributed by atoms with van der Waals surface area (Å²) in [4.78, 5) is 15.8. The number of aliphatic hydroxyl groups excluding tert-OH is 1. The minimum Gasteiger partial charge on any atom is -0.491 e. The van der Waals surface area contributed by atoms with Crippen LogP contribution in [0.3, 0.4) is 0 Å². The summed E-state index contributed by atoms with van der Waals surface area (Å²) in [6.07, 6.45) is -0.613. The molecule has 6 nitrogen and oxygen atoms in total. The van der Waals surface area contributed by atoms with Crippen molar-refractivity contribution >= 4 is 11.7 Å². The molecule has 28 heavy (non-hydrogen) atoms. The van der Waals surface area contributed by atoms with Crippen LogP contribution < -0.4 is 9.64 Å². The Kier molecular flexibility index (Phi) is 6.84. The highest BCUT2D eigenvalue weighted by molar-refractivity contribution is 5.89. The number of carbonyl (C=O) groups excluding carboxylic acids is 1. The molecule has 1 aliphatic rings. The fraction of sp³-hybridized carbons (Fsp3) is 0.381. The molecule has 7 heteroatoms. The van der Waals surface area contributed by atoms with Crippen LogP contribution in [0.1, 0.15) is 10.4 Å². The molecule has 0 bridgehead atoms. The van der Waals surface area contributed by atoms with Gasteiger partial charge in [-0.2, -0.15) is 0 Å². The summed E-state index contributed by atoms with van der Waals surface area (Å²) >= 11 is 0. The third kappa shape index (κ3) is 5.43. The van der Waals surface area contributed by atoms with E-state index in [1.807, 2.05) is 0 Å². The molecule has 0 radical (unpaired) electrons. The third-order valence-corrected chi connectivity index (χ3v) is 4.75. The summed E-state index contributed by atoms with van der Waals surface area (Å²) in [6.45, 7) is 4.00. The van der Waals surface area contributed by atoms with E-state index < -0.39 is 12.1 Å². The topological polar surface area (TPSA) is 62.2 Å². The van der Waals surface area contributed by atoms with Crippen molar-refractivity contribution in [2.24, 2.45) is 0 Å². The van der Waals surface area contributed by atoms with Crippen molar-refractivity contribution in [1.29, 1.82) is 0 Å². The largest absolute Gasteiger partial charge is 0.491 e. The second-order valence-corrected chi connectivity index (χ2v) is 6.74. The summed E-state index contributed by atoms with van der Waals surface area (Å²) in [5, 5.41) is 10.3. The van der Waals surface area contributed by atoms with E-state index in [2.05, 4.69) is 14.5 Å². The molecule has 0 saturated carbocycles. The average molecular weight is 388 g/mol. The summed E-state index contributed by atoms with van der Waals surface area (Å²) in [7, 11) is 1.34. The fourth-order valence-electron chi connectivity index (χ4n) is 3.19. The summed E-state index contributed by atoms with van der Waals surface area (Å²) < 4.78 is 23.3. The number of β-amino-alcohol motifs (C(OH)–C–C–N with tert-alkyl or cyclic N) is 1. The van der Waals surface area contributed by atoms with Gasteiger partial charge in [-0.25, -0.2) is 9.18 Å². The molecule has 0 aliphatic carbocycles. The van der Waals surface area contributed by atoms with Gasteiger partial charge in [0.2, 0.25) is 0 Å². The molecule has 0 spiro atoms. The van der Waals surface area contributed by atoms with Crippen LogP contribution in [-0.4, -0.2) is 68.5 Å². The van der Waals surface area contributed by atoms with Crippen LogP contribution >= 0.6 is 0 Å². The van der Waals surface area contributed by atoms with Gasteiger partial charge in [-0.1, -0.05) is 0 Å². The van der Waals surface area contributed by atoms with Gasteiger partial charge in [-0.15, -0.1) is 0 Å². The monoisotopic (exact) mass is 388 g/mol. The fourth-order valence-corrected chi connectivity index (χ4v) is 3.19. The molecule has 2 aromatic carbocycles. The Morgan fingerprint density at radius 2 is 1.71 bits per heavy atom. The van der Waals surface area contributed by atoms with Crippen LogP contribution in [-0.2, 0) is 4.74 Å². The molecule has 2 aromatic rings. The number of ether oxygens (including phenoxy) is 2. The van der Waals surface area contributed by atoms with Crippen molar-refractivity contribution in [2.45, 2.75) is 6.10 Å². The van der Waals surface area contributed by atoms with Gasteiger partial charge in [0.25, 0.3) is 0 Å². The van der Waals surface area contributed by atoms with Crippen LogP contribution in [0.4, 0.5) is 10.1 Å². The number of piperazine rings is 1. The quantitative estimate of drug-likeness (QED) is 0.734. The molecule has 0 amide bonds. The highest BCUT2D eigenvalue weighted by Gasteiger charge is 2.20. The average Bonchev–Trinajstić information content (AvgIpc) is 2.73. The normalized spacial score (nSPS) is 15.9. The number of carbonyl (C=O) groups is 1. The van der Waals surface area contributed by atoms with Crippen LogP contribution in [0.2, 0.25) is 0 Å². The first kappa shape index (κ1) is 20.1. The van der Waals surface area contributed by atoms with Crippen molar-refractivity contribution in [1.82, 2.24) is 4.90 Å². The van der Waals surface area contributed by atoms with Gasteiger partial charge < -0.3 is 19.5 Å². The van der Waals surface area contributed by atoms with Gasteiger partial charge in [-0.05, 0) is 48.5 Å². The third-order valence-electron chi connectivity index (χ3n) is 4.75. The van der Waals surface area contributed by atoms with Crippen molar-refractivity contribution in [3.63, 3.8) is 0 Å². The maximum atomic E-state index is 13.0. The Balaban J connectivity index is 1.40. The molecule has 150 valence electrons. The van der Waals surface area contributed by atoms with E-state index >= 15 is 0 Å². The number of hydrogen-bond acceptors (Lipinski definition) is 6. The van der Waals surface area contributed by atoms with Crippen molar-refractivity contribution < 1.29 is 23.8 Å². The molecule has 3 rings (SSSR count). The van der Waals surface area contributed by atoms with Gasteiger partial charge in [0, 0.05) is 38.4 Å². The van der Waals surface area contributed by atoms with Crippen LogP contribution in [0.5, 0.6) is 5.75 Å². The number of nitrogens with zero attached hydrogens (tertiary/aromatic N) is 2. The van der Waals surface area contributed by atoms with E-state index in [0.29, 0.717) is 17.9 Å². The second-order valence-electron chi connectivity index (χ2n) is 6.74. The summed E-state index contributed by atoms with van der Waals surface area (Å²) in [6, 6.07) is 13.1. The first-order valence-corrected chi connectivity index (χ1v) is 9.27. The van der Waals surface area contributed by atoms with E-state index in [1.165, 1.54) is 19.2 Å². The first-order valence-electron chi connectivity index (χ1n) is 9.27. The van der Waals surface area contributed by atoms with Crippen LogP contribution in [0.15, 0.2) is 48.5 Å². The number of esters is 1. The number of methoxy groups -OCH3 is 1. The maximum Gasteiger partial charge on any atom is 0.337 e. The van der Waals surface area contributed by atoms with E-state index in [1.54, 1.807) is 36.4 Å². The maximum absolute atomic E-state index is 13.0. The van der Waals surface area contributed by atoms with Gasteiger partial charge in [0.1, 0.15) is 24.3 Å². The van der Waals surface area contributed by atoms with Gasteiger partial charge in [0.05, 0.1) is 12.7 Å². The highest BCUT2D eigenvalue weighted by Crippen LogP contribution is 2.17. The number of halogens is 1. The number of benzene rings is 2. The zero-order valence-electron chi connectivity index (χ0n) is 15.9. The Hall–Kier alpha value is -2.64. The zero-order valence-corrected chi connectivity index (χ0v) is 15.9. The van der Waals surface area contributed by atoms with Gasteiger partial charge >= 0.3 is 5.97 Å². The lowest BCUT2D eigenvalue weighted by atomic mass is 10.2. The standard InChI is InChI=1S/C21H25FN2O4/c1-27-21(26)16-2-8-20(9-3-16)28-15-19(25)14-23-10-12-24(13-11-23)18-6-4-17(22)5-7-18/h2-9,19,25H,10-15H2,1H3/t19-/m0/s1. The predicted octanol–water partition coefficient (Wildman–Crippen LogP) is 2.17. The van der Waals surface area contributed by atoms with Crippen molar-refractivity contribution in [3.05, 3.63) is 59.9 Å². The molecule has 0 unspecified atom stereocenters. The molecule has 1 atom stereocenters. The van der Waals surface area contributed by atoms with E-state index in [-0.39, 0.29) is 12.4 Å². The molecule has 1 saturated heterocycles. The molecular weight excluding hydrogens is 363 g/mol. The van der Waals surface area contributed by atoms with Crippen molar-refractivity contribution in [2.75, 3.05) is 51.3 Å². The predicted molar refractivity (Wildman–Crippen MR) is 104 cm³/mol. The zero-order chi connectivity index (χ0) is 19.9. The molecule has 1 aliphatic heterocycles. The van der Waals surface area contributed by atoms with E-state index in [9.17, 15) is 14.3 Å². The van der Waals surface area contributed by atoms with Gasteiger partial charge in [0.15, 0.2) is 0 Å². The van der Waals surface area contributed by atoms with Crippen LogP contribution in [0.25, 0.3) is 0 Å². The molecule has 1 heterocycles. The Morgan fingerprint density at radius 3 is 2.32 bits per heavy atom. The summed E-state index contributed by atoms with van der Waals surface area (Å²) in [5.74, 6) is -0.0374. The number of rotatable bonds is 7. The van der Waals surface area contributed by atoms with Crippen LogP contribution in [0, 0.1) is 5.82 Å². The Morgan fingerprint density at radius 1 is 1.07 bits per heavy atom. The van der Waals surface area contributed by atoms with E-state index in [4.69, 9.17) is 4.74 Å². The Labute approximate surface area is 164 Å². The Bertz CT molecular complexity index is 759. The minimum atomic E-state index is -0.613. The molecular formula is C21H25FN2O4. The molecule has 1 fully saturated rings. The molecule has 0 aromatic heterocycles. The van der Waals surface area contributed by atoms with Crippen molar-refractivity contribution in [3.8, 4) is 5.75 Å². The summed E-state index contributed by atoms with van der Waals surface area (Å²) in [5.41, 5.74) is 1.47.